The zero-order valence-electron chi connectivity index (χ0n) is 14.8. The van der Waals surface area contributed by atoms with E-state index in [1.807, 2.05) is 62.7 Å². The number of carbonyl (C=O) groups excluding carboxylic acids is 1. The zero-order valence-corrected chi connectivity index (χ0v) is 16.2. The van der Waals surface area contributed by atoms with Crippen LogP contribution in [0.5, 0.6) is 0 Å². The summed E-state index contributed by atoms with van der Waals surface area (Å²) in [5, 5.41) is 11.1. The van der Waals surface area contributed by atoms with Crippen molar-refractivity contribution in [2.75, 3.05) is 5.32 Å². The van der Waals surface area contributed by atoms with Gasteiger partial charge >= 0.3 is 0 Å². The predicted octanol–water partition coefficient (Wildman–Crippen LogP) is 3.73. The molecule has 0 fully saturated rings. The smallest absolute Gasteiger partial charge is 0.225 e. The third-order valence-corrected chi connectivity index (χ3v) is 3.47. The second-order valence-corrected chi connectivity index (χ2v) is 4.89. The molecular formula is C17H29N4OP. The zero-order chi connectivity index (χ0) is 16.5. The number of amides is 1. The molecule has 1 aromatic carbocycles. The highest BCUT2D eigenvalue weighted by molar-refractivity contribution is 6.92. The number of rotatable bonds is 5. The van der Waals surface area contributed by atoms with E-state index in [0.29, 0.717) is 6.42 Å². The first-order chi connectivity index (χ1) is 10.6. The second kappa shape index (κ2) is 10.9. The highest BCUT2D eigenvalue weighted by atomic mass is 31.0. The van der Waals surface area contributed by atoms with Crippen LogP contribution in [0.1, 0.15) is 51.2 Å². The Hall–Kier alpha value is -1.74. The van der Waals surface area contributed by atoms with Gasteiger partial charge in [-0.05, 0) is 25.5 Å². The number of hydrogen-bond donors (Lipinski definition) is 1. The largest absolute Gasteiger partial charge is 0.326 e. The standard InChI is InChI=1S/C15H20N4O.C2H6.H3P/c1-4-12(15-18-17-11(2)19(15)3)10-14(20)16-13-8-6-5-7-9-13;1-2;/h5-9,12H,4,10H2,1-3H3,(H,16,20);1-2H3;1H3/t12-;;/m0../s1. The summed E-state index contributed by atoms with van der Waals surface area (Å²) in [5.41, 5.74) is 0.821. The predicted molar refractivity (Wildman–Crippen MR) is 101 cm³/mol. The Morgan fingerprint density at radius 1 is 1.22 bits per heavy atom. The summed E-state index contributed by atoms with van der Waals surface area (Å²) in [6, 6.07) is 9.49. The Morgan fingerprint density at radius 2 is 1.83 bits per heavy atom. The van der Waals surface area contributed by atoms with Gasteiger partial charge in [-0.25, -0.2) is 0 Å². The van der Waals surface area contributed by atoms with Crippen molar-refractivity contribution >= 4 is 21.5 Å². The molecule has 6 heteroatoms. The second-order valence-electron chi connectivity index (χ2n) is 4.89. The van der Waals surface area contributed by atoms with E-state index in [1.54, 1.807) is 0 Å². The van der Waals surface area contributed by atoms with Crippen LogP contribution in [-0.4, -0.2) is 20.7 Å². The number of benzene rings is 1. The Balaban J connectivity index is 0.00000155. The maximum absolute atomic E-state index is 12.1. The third-order valence-electron chi connectivity index (χ3n) is 3.47. The molecule has 128 valence electrons. The number of carbonyl (C=O) groups is 1. The average molecular weight is 336 g/mol. The molecule has 1 heterocycles. The fourth-order valence-electron chi connectivity index (χ4n) is 2.15. The Morgan fingerprint density at radius 3 is 2.30 bits per heavy atom. The van der Waals surface area contributed by atoms with E-state index in [-0.39, 0.29) is 21.7 Å². The molecule has 0 aliphatic carbocycles. The summed E-state index contributed by atoms with van der Waals surface area (Å²) in [7, 11) is 1.93. The molecule has 0 bridgehead atoms. The van der Waals surface area contributed by atoms with Crippen molar-refractivity contribution < 1.29 is 4.79 Å². The molecular weight excluding hydrogens is 307 g/mol. The van der Waals surface area contributed by atoms with Crippen LogP contribution >= 0.6 is 9.90 Å². The van der Waals surface area contributed by atoms with Crippen LogP contribution < -0.4 is 5.32 Å². The van der Waals surface area contributed by atoms with E-state index in [1.165, 1.54) is 0 Å². The number of nitrogens with zero attached hydrogens (tertiary/aromatic N) is 3. The van der Waals surface area contributed by atoms with Crippen LogP contribution in [0.2, 0.25) is 0 Å². The number of aryl methyl sites for hydroxylation is 1. The fourth-order valence-corrected chi connectivity index (χ4v) is 2.15. The molecule has 1 amide bonds. The first-order valence-electron chi connectivity index (χ1n) is 7.82. The van der Waals surface area contributed by atoms with Crippen molar-refractivity contribution in [3.63, 3.8) is 0 Å². The molecule has 2 rings (SSSR count). The van der Waals surface area contributed by atoms with E-state index < -0.39 is 0 Å². The number of anilines is 1. The van der Waals surface area contributed by atoms with Crippen LogP contribution in [0.25, 0.3) is 0 Å². The maximum Gasteiger partial charge on any atom is 0.225 e. The molecule has 2 aromatic rings. The number of nitrogens with one attached hydrogen (secondary N) is 1. The normalized spacial score (nSPS) is 10.8. The SMILES string of the molecule is CC.CC[C@@H](CC(=O)Nc1ccccc1)c1nnc(C)n1C.P. The number of hydrogen-bond acceptors (Lipinski definition) is 3. The summed E-state index contributed by atoms with van der Waals surface area (Å²) in [4.78, 5) is 12.1. The molecule has 2 atom stereocenters. The Bertz CT molecular complexity index is 584. The summed E-state index contributed by atoms with van der Waals surface area (Å²) >= 11 is 0. The van der Waals surface area contributed by atoms with Crippen LogP contribution in [0.15, 0.2) is 30.3 Å². The lowest BCUT2D eigenvalue weighted by Crippen LogP contribution is -2.17. The molecule has 0 saturated carbocycles. The molecule has 1 unspecified atom stereocenters. The lowest BCUT2D eigenvalue weighted by atomic mass is 10.0. The molecule has 0 radical (unpaired) electrons. The van der Waals surface area contributed by atoms with Crippen molar-refractivity contribution in [2.45, 2.75) is 46.5 Å². The van der Waals surface area contributed by atoms with Gasteiger partial charge in [0.05, 0.1) is 0 Å². The first kappa shape index (κ1) is 21.3. The third kappa shape index (κ3) is 6.11. The Kier molecular flexibility index (Phi) is 10.1. The van der Waals surface area contributed by atoms with Crippen molar-refractivity contribution in [1.82, 2.24) is 14.8 Å². The van der Waals surface area contributed by atoms with Gasteiger partial charge in [-0.1, -0.05) is 39.0 Å². The number of para-hydroxylation sites is 1. The molecule has 0 saturated heterocycles. The lowest BCUT2D eigenvalue weighted by Gasteiger charge is -2.14. The summed E-state index contributed by atoms with van der Waals surface area (Å²) < 4.78 is 1.95. The van der Waals surface area contributed by atoms with Crippen molar-refractivity contribution in [3.8, 4) is 0 Å². The molecule has 5 nitrogen and oxygen atoms in total. The van der Waals surface area contributed by atoms with Crippen LogP contribution in [-0.2, 0) is 11.8 Å². The van der Waals surface area contributed by atoms with E-state index in [0.717, 1.165) is 23.8 Å². The molecule has 0 aliphatic heterocycles. The van der Waals surface area contributed by atoms with E-state index in [2.05, 4.69) is 22.4 Å². The lowest BCUT2D eigenvalue weighted by molar-refractivity contribution is -0.116. The van der Waals surface area contributed by atoms with Crippen molar-refractivity contribution in [1.29, 1.82) is 0 Å². The molecule has 1 aromatic heterocycles. The minimum Gasteiger partial charge on any atom is -0.326 e. The maximum atomic E-state index is 12.1. The number of aromatic nitrogens is 3. The molecule has 1 N–H and O–H groups in total. The van der Waals surface area contributed by atoms with E-state index >= 15 is 0 Å². The summed E-state index contributed by atoms with van der Waals surface area (Å²) in [6.45, 7) is 7.97. The van der Waals surface area contributed by atoms with Crippen molar-refractivity contribution in [2.24, 2.45) is 7.05 Å². The highest BCUT2D eigenvalue weighted by Gasteiger charge is 2.20. The fraction of sp³-hybridized carbons (Fsp3) is 0.471. The first-order valence-corrected chi connectivity index (χ1v) is 7.82. The average Bonchev–Trinajstić information content (AvgIpc) is 2.87. The molecule has 0 spiro atoms. The van der Waals surface area contributed by atoms with Gasteiger partial charge in [-0.3, -0.25) is 4.79 Å². The minimum absolute atomic E-state index is 0. The van der Waals surface area contributed by atoms with Crippen LogP contribution in [0, 0.1) is 6.92 Å². The van der Waals surface area contributed by atoms with Gasteiger partial charge in [0.2, 0.25) is 5.91 Å². The topological polar surface area (TPSA) is 59.8 Å². The molecule has 0 aliphatic rings. The summed E-state index contributed by atoms with van der Waals surface area (Å²) in [6.07, 6.45) is 1.27. The molecule has 23 heavy (non-hydrogen) atoms. The summed E-state index contributed by atoms with van der Waals surface area (Å²) in [5.74, 6) is 1.82. The monoisotopic (exact) mass is 336 g/mol. The van der Waals surface area contributed by atoms with Crippen LogP contribution in [0.3, 0.4) is 0 Å². The minimum atomic E-state index is 0. The van der Waals surface area contributed by atoms with Gasteiger partial charge in [0.15, 0.2) is 0 Å². The van der Waals surface area contributed by atoms with Gasteiger partial charge in [-0.15, -0.1) is 10.2 Å². The highest BCUT2D eigenvalue weighted by Crippen LogP contribution is 2.22. The van der Waals surface area contributed by atoms with Crippen molar-refractivity contribution in [3.05, 3.63) is 42.0 Å². The quantitative estimate of drug-likeness (QED) is 0.846. The van der Waals surface area contributed by atoms with Gasteiger partial charge in [0, 0.05) is 25.1 Å². The van der Waals surface area contributed by atoms with E-state index in [4.69, 9.17) is 0 Å². The Labute approximate surface area is 142 Å². The van der Waals surface area contributed by atoms with Gasteiger partial charge in [-0.2, -0.15) is 9.90 Å². The van der Waals surface area contributed by atoms with Crippen LogP contribution in [0.4, 0.5) is 5.69 Å². The van der Waals surface area contributed by atoms with Gasteiger partial charge in [0.25, 0.3) is 0 Å². The van der Waals surface area contributed by atoms with E-state index in [9.17, 15) is 4.79 Å². The van der Waals surface area contributed by atoms with Gasteiger partial charge in [0.1, 0.15) is 11.6 Å². The van der Waals surface area contributed by atoms with Gasteiger partial charge < -0.3 is 9.88 Å².